The number of carbonyl (C=O) groups is 1. The summed E-state index contributed by atoms with van der Waals surface area (Å²) in [6, 6.07) is 0.340. The average Bonchev–Trinajstić information content (AvgIpc) is 3.12. The van der Waals surface area contributed by atoms with Crippen molar-refractivity contribution in [2.24, 2.45) is 13.0 Å². The van der Waals surface area contributed by atoms with Gasteiger partial charge in [0, 0.05) is 38.4 Å². The predicted molar refractivity (Wildman–Crippen MR) is 106 cm³/mol. The summed E-state index contributed by atoms with van der Waals surface area (Å²) in [5.41, 5.74) is 1.27. The fourth-order valence-corrected chi connectivity index (χ4v) is 4.76. The molecule has 1 aromatic heterocycles. The second-order valence-corrected chi connectivity index (χ2v) is 8.27. The van der Waals surface area contributed by atoms with E-state index < -0.39 is 0 Å². The van der Waals surface area contributed by atoms with Crippen LogP contribution in [-0.4, -0.2) is 64.9 Å². The number of aromatic nitrogens is 2. The second kappa shape index (κ2) is 9.69. The number of ether oxygens (including phenoxy) is 1. The SMILES string of the molecule is CCN1CCC[C@@H](CN(C)C(=O)COC2CCCCC2)[C@@H]1c1cnn(C)c1. The van der Waals surface area contributed by atoms with Crippen molar-refractivity contribution in [2.75, 3.05) is 33.3 Å². The van der Waals surface area contributed by atoms with Crippen LogP contribution in [0.4, 0.5) is 0 Å². The Morgan fingerprint density at radius 2 is 2.04 bits per heavy atom. The molecule has 2 atom stereocenters. The number of piperidine rings is 1. The van der Waals surface area contributed by atoms with Crippen molar-refractivity contribution in [1.29, 1.82) is 0 Å². The molecule has 0 spiro atoms. The molecule has 152 valence electrons. The largest absolute Gasteiger partial charge is 0.368 e. The minimum absolute atomic E-state index is 0.110. The number of likely N-dealkylation sites (tertiary alicyclic amines) is 1. The Balaban J connectivity index is 1.58. The molecule has 6 heteroatoms. The van der Waals surface area contributed by atoms with E-state index >= 15 is 0 Å². The Hall–Kier alpha value is -1.40. The molecule has 2 heterocycles. The molecular formula is C21H36N4O2. The average molecular weight is 377 g/mol. The van der Waals surface area contributed by atoms with Crippen LogP contribution < -0.4 is 0 Å². The zero-order valence-corrected chi connectivity index (χ0v) is 17.3. The summed E-state index contributed by atoms with van der Waals surface area (Å²) >= 11 is 0. The van der Waals surface area contributed by atoms with E-state index in [0.29, 0.717) is 12.0 Å². The van der Waals surface area contributed by atoms with Gasteiger partial charge >= 0.3 is 0 Å². The fraction of sp³-hybridized carbons (Fsp3) is 0.810. The standard InChI is InChI=1S/C21H36N4O2/c1-4-25-12-8-9-17(21(25)18-13-22-24(3)15-18)14-23(2)20(26)16-27-19-10-6-5-7-11-19/h13,15,17,19,21H,4-12,14,16H2,1-3H3/t17-,21+/m0/s1. The lowest BCUT2D eigenvalue weighted by Gasteiger charge is -2.42. The molecule has 3 rings (SSSR count). The number of hydrogen-bond acceptors (Lipinski definition) is 4. The maximum absolute atomic E-state index is 12.6. The minimum Gasteiger partial charge on any atom is -0.368 e. The molecule has 27 heavy (non-hydrogen) atoms. The van der Waals surface area contributed by atoms with Crippen molar-refractivity contribution in [3.05, 3.63) is 18.0 Å². The Kier molecular flexibility index (Phi) is 7.30. The molecular weight excluding hydrogens is 340 g/mol. The second-order valence-electron chi connectivity index (χ2n) is 8.27. The molecule has 1 aromatic rings. The highest BCUT2D eigenvalue weighted by molar-refractivity contribution is 5.77. The van der Waals surface area contributed by atoms with Gasteiger partial charge < -0.3 is 9.64 Å². The first-order chi connectivity index (χ1) is 13.1. The maximum Gasteiger partial charge on any atom is 0.248 e. The van der Waals surface area contributed by atoms with Gasteiger partial charge in [-0.05, 0) is 44.7 Å². The molecule has 0 unspecified atom stereocenters. The Bertz CT molecular complexity index is 597. The number of carbonyl (C=O) groups excluding carboxylic acids is 1. The molecule has 2 fully saturated rings. The van der Waals surface area contributed by atoms with Crippen LogP contribution in [0.3, 0.4) is 0 Å². The fourth-order valence-electron chi connectivity index (χ4n) is 4.76. The van der Waals surface area contributed by atoms with E-state index in [0.717, 1.165) is 38.9 Å². The van der Waals surface area contributed by atoms with Crippen LogP contribution >= 0.6 is 0 Å². The molecule has 0 radical (unpaired) electrons. The molecule has 1 saturated heterocycles. The van der Waals surface area contributed by atoms with E-state index in [9.17, 15) is 4.79 Å². The lowest BCUT2D eigenvalue weighted by Crippen LogP contribution is -2.44. The first-order valence-corrected chi connectivity index (χ1v) is 10.7. The summed E-state index contributed by atoms with van der Waals surface area (Å²) in [6.45, 7) is 5.37. The number of rotatable bonds is 7. The summed E-state index contributed by atoms with van der Waals surface area (Å²) in [5, 5.41) is 4.38. The third kappa shape index (κ3) is 5.32. The molecule has 0 aromatic carbocycles. The third-order valence-corrected chi connectivity index (χ3v) is 6.26. The molecule has 6 nitrogen and oxygen atoms in total. The van der Waals surface area contributed by atoms with Crippen molar-refractivity contribution in [3.8, 4) is 0 Å². The van der Waals surface area contributed by atoms with E-state index in [1.54, 1.807) is 0 Å². The van der Waals surface area contributed by atoms with E-state index in [4.69, 9.17) is 4.74 Å². The molecule has 1 saturated carbocycles. The first-order valence-electron chi connectivity index (χ1n) is 10.7. The van der Waals surface area contributed by atoms with Gasteiger partial charge in [0.15, 0.2) is 0 Å². The normalized spacial score (nSPS) is 24.9. The minimum atomic E-state index is 0.110. The molecule has 1 aliphatic heterocycles. The number of amides is 1. The molecule has 2 aliphatic rings. The highest BCUT2D eigenvalue weighted by Gasteiger charge is 2.34. The maximum atomic E-state index is 12.6. The van der Waals surface area contributed by atoms with Crippen LogP contribution in [0.5, 0.6) is 0 Å². The van der Waals surface area contributed by atoms with Crippen molar-refractivity contribution < 1.29 is 9.53 Å². The van der Waals surface area contributed by atoms with Gasteiger partial charge in [0.2, 0.25) is 5.91 Å². The lowest BCUT2D eigenvalue weighted by molar-refractivity contribution is -0.138. The molecule has 0 bridgehead atoms. The van der Waals surface area contributed by atoms with Gasteiger partial charge in [0.05, 0.1) is 12.3 Å². The van der Waals surface area contributed by atoms with Crippen molar-refractivity contribution in [3.63, 3.8) is 0 Å². The van der Waals surface area contributed by atoms with Gasteiger partial charge in [-0.3, -0.25) is 14.4 Å². The predicted octanol–water partition coefficient (Wildman–Crippen LogP) is 3.00. The van der Waals surface area contributed by atoms with Crippen LogP contribution in [0.25, 0.3) is 0 Å². The number of nitrogens with zero attached hydrogens (tertiary/aromatic N) is 4. The molecule has 1 amide bonds. The van der Waals surface area contributed by atoms with E-state index in [-0.39, 0.29) is 18.6 Å². The summed E-state index contributed by atoms with van der Waals surface area (Å²) in [4.78, 5) is 17.0. The highest BCUT2D eigenvalue weighted by atomic mass is 16.5. The van der Waals surface area contributed by atoms with E-state index in [1.807, 2.05) is 29.9 Å². The van der Waals surface area contributed by atoms with Crippen molar-refractivity contribution in [2.45, 2.75) is 64.0 Å². The topological polar surface area (TPSA) is 50.6 Å². The first kappa shape index (κ1) is 20.3. The monoisotopic (exact) mass is 376 g/mol. The smallest absolute Gasteiger partial charge is 0.248 e. The Labute approximate surface area is 163 Å². The van der Waals surface area contributed by atoms with Gasteiger partial charge in [-0.1, -0.05) is 26.2 Å². The number of aryl methyl sites for hydroxylation is 1. The van der Waals surface area contributed by atoms with Gasteiger partial charge in [-0.2, -0.15) is 5.10 Å². The lowest BCUT2D eigenvalue weighted by atomic mass is 9.85. The quantitative estimate of drug-likeness (QED) is 0.734. The van der Waals surface area contributed by atoms with Crippen molar-refractivity contribution >= 4 is 5.91 Å². The Morgan fingerprint density at radius 3 is 2.70 bits per heavy atom. The van der Waals surface area contributed by atoms with Gasteiger partial charge in [0.1, 0.15) is 6.61 Å². The zero-order valence-electron chi connectivity index (χ0n) is 17.3. The molecule has 0 N–H and O–H groups in total. The highest BCUT2D eigenvalue weighted by Crippen LogP contribution is 2.36. The Morgan fingerprint density at radius 1 is 1.26 bits per heavy atom. The third-order valence-electron chi connectivity index (χ3n) is 6.26. The van der Waals surface area contributed by atoms with Gasteiger partial charge in [0.25, 0.3) is 0 Å². The van der Waals surface area contributed by atoms with Crippen LogP contribution in [0.1, 0.15) is 63.5 Å². The number of likely N-dealkylation sites (N-methyl/N-ethyl adjacent to an activating group) is 1. The summed E-state index contributed by atoms with van der Waals surface area (Å²) in [5.74, 6) is 0.547. The summed E-state index contributed by atoms with van der Waals surface area (Å²) in [6.07, 6.45) is 12.7. The van der Waals surface area contributed by atoms with E-state index in [2.05, 4.69) is 23.1 Å². The van der Waals surface area contributed by atoms with Crippen LogP contribution in [0, 0.1) is 5.92 Å². The van der Waals surface area contributed by atoms with E-state index in [1.165, 1.54) is 31.2 Å². The van der Waals surface area contributed by atoms with Gasteiger partial charge in [-0.15, -0.1) is 0 Å². The van der Waals surface area contributed by atoms with Gasteiger partial charge in [-0.25, -0.2) is 0 Å². The summed E-state index contributed by atoms with van der Waals surface area (Å²) in [7, 11) is 3.90. The summed E-state index contributed by atoms with van der Waals surface area (Å²) < 4.78 is 7.77. The zero-order chi connectivity index (χ0) is 19.2. The number of hydrogen-bond donors (Lipinski definition) is 0. The van der Waals surface area contributed by atoms with Crippen LogP contribution in [0.15, 0.2) is 12.4 Å². The molecule has 1 aliphatic carbocycles. The van der Waals surface area contributed by atoms with Crippen molar-refractivity contribution in [1.82, 2.24) is 19.6 Å². The van der Waals surface area contributed by atoms with Crippen LogP contribution in [-0.2, 0) is 16.6 Å². The van der Waals surface area contributed by atoms with Crippen LogP contribution in [0.2, 0.25) is 0 Å².